The number of carbonyl (C=O) groups excluding carboxylic acids is 1. The minimum atomic E-state index is -0.0906. The summed E-state index contributed by atoms with van der Waals surface area (Å²) in [6.07, 6.45) is 3.83. The van der Waals surface area contributed by atoms with Crippen LogP contribution in [0.15, 0.2) is 42.7 Å². The van der Waals surface area contributed by atoms with Crippen LogP contribution in [-0.4, -0.2) is 22.2 Å². The number of anilines is 1. The summed E-state index contributed by atoms with van der Waals surface area (Å²) in [6.45, 7) is 0.343. The number of carbonyl (C=O) groups is 1. The summed E-state index contributed by atoms with van der Waals surface area (Å²) < 4.78 is 1.71. The van der Waals surface area contributed by atoms with Gasteiger partial charge in [-0.3, -0.25) is 4.79 Å². The lowest BCUT2D eigenvalue weighted by Gasteiger charge is -2.10. The van der Waals surface area contributed by atoms with Crippen LogP contribution in [0.5, 0.6) is 0 Å². The highest BCUT2D eigenvalue weighted by Crippen LogP contribution is 2.18. The van der Waals surface area contributed by atoms with Crippen LogP contribution in [0.4, 0.5) is 5.69 Å². The molecule has 1 aromatic carbocycles. The van der Waals surface area contributed by atoms with Gasteiger partial charge in [0, 0.05) is 25.4 Å². The molecule has 0 unspecified atom stereocenters. The summed E-state index contributed by atoms with van der Waals surface area (Å²) >= 11 is 0. The summed E-state index contributed by atoms with van der Waals surface area (Å²) in [5.41, 5.74) is 6.90. The highest BCUT2D eigenvalue weighted by molar-refractivity contribution is 5.92. The van der Waals surface area contributed by atoms with Crippen molar-refractivity contribution in [2.45, 2.75) is 6.42 Å². The summed E-state index contributed by atoms with van der Waals surface area (Å²) in [7, 11) is 0. The molecule has 0 aliphatic carbocycles. The Bertz CT molecular complexity index is 493. The first-order valence-electron chi connectivity index (χ1n) is 5.40. The molecule has 0 aliphatic heterocycles. The first kappa shape index (κ1) is 11.3. The Labute approximate surface area is 99.2 Å². The van der Waals surface area contributed by atoms with Crippen LogP contribution in [0.1, 0.15) is 6.42 Å². The molecule has 0 saturated heterocycles. The number of hydrogen-bond acceptors (Lipinski definition) is 3. The molecule has 2 rings (SSSR count). The van der Waals surface area contributed by atoms with E-state index in [1.165, 1.54) is 0 Å². The predicted molar refractivity (Wildman–Crippen MR) is 65.9 cm³/mol. The number of hydrogen-bond donors (Lipinski definition) is 2. The number of nitrogens with two attached hydrogens (primary N) is 1. The smallest absolute Gasteiger partial charge is 0.225 e. The quantitative estimate of drug-likeness (QED) is 0.827. The van der Waals surface area contributed by atoms with E-state index in [4.69, 9.17) is 5.73 Å². The van der Waals surface area contributed by atoms with Crippen molar-refractivity contribution in [2.75, 3.05) is 11.9 Å². The lowest BCUT2D eigenvalue weighted by atomic mass is 10.2. The molecule has 0 atom stereocenters. The lowest BCUT2D eigenvalue weighted by Crippen LogP contribution is -2.17. The van der Waals surface area contributed by atoms with E-state index in [2.05, 4.69) is 10.4 Å². The number of para-hydroxylation sites is 2. The molecule has 0 saturated carbocycles. The molecule has 0 spiro atoms. The number of benzene rings is 1. The van der Waals surface area contributed by atoms with E-state index >= 15 is 0 Å². The predicted octanol–water partition coefficient (Wildman–Crippen LogP) is 1.16. The third-order valence-electron chi connectivity index (χ3n) is 2.30. The van der Waals surface area contributed by atoms with Gasteiger partial charge in [0.1, 0.15) is 0 Å². The zero-order valence-electron chi connectivity index (χ0n) is 9.34. The normalized spacial score (nSPS) is 10.2. The third kappa shape index (κ3) is 2.70. The van der Waals surface area contributed by atoms with Gasteiger partial charge in [-0.1, -0.05) is 12.1 Å². The molecule has 0 aliphatic rings. The minimum Gasteiger partial charge on any atom is -0.330 e. The van der Waals surface area contributed by atoms with E-state index in [1.54, 1.807) is 10.9 Å². The highest BCUT2D eigenvalue weighted by atomic mass is 16.1. The average molecular weight is 230 g/mol. The fraction of sp³-hybridized carbons (Fsp3) is 0.167. The molecular weight excluding hydrogens is 216 g/mol. The van der Waals surface area contributed by atoms with Crippen molar-refractivity contribution < 1.29 is 4.79 Å². The van der Waals surface area contributed by atoms with Gasteiger partial charge in [-0.15, -0.1) is 0 Å². The Morgan fingerprint density at radius 1 is 1.35 bits per heavy atom. The molecular formula is C12H14N4O. The Morgan fingerprint density at radius 3 is 2.88 bits per heavy atom. The average Bonchev–Trinajstić information content (AvgIpc) is 2.83. The van der Waals surface area contributed by atoms with Gasteiger partial charge < -0.3 is 11.1 Å². The maximum absolute atomic E-state index is 11.5. The van der Waals surface area contributed by atoms with Crippen molar-refractivity contribution in [2.24, 2.45) is 5.73 Å². The molecule has 5 heteroatoms. The van der Waals surface area contributed by atoms with Crippen LogP contribution in [0.3, 0.4) is 0 Å². The second-order valence-electron chi connectivity index (χ2n) is 3.55. The van der Waals surface area contributed by atoms with Gasteiger partial charge in [0.2, 0.25) is 5.91 Å². The number of rotatable bonds is 4. The first-order chi connectivity index (χ1) is 8.31. The molecule has 3 N–H and O–H groups in total. The van der Waals surface area contributed by atoms with Crippen LogP contribution < -0.4 is 11.1 Å². The van der Waals surface area contributed by atoms with Gasteiger partial charge in [0.05, 0.1) is 11.4 Å². The summed E-state index contributed by atoms with van der Waals surface area (Å²) in [6, 6.07) is 9.33. The van der Waals surface area contributed by atoms with Crippen molar-refractivity contribution >= 4 is 11.6 Å². The van der Waals surface area contributed by atoms with E-state index in [9.17, 15) is 4.79 Å². The van der Waals surface area contributed by atoms with Crippen molar-refractivity contribution in [3.63, 3.8) is 0 Å². The zero-order valence-corrected chi connectivity index (χ0v) is 9.34. The first-order valence-corrected chi connectivity index (χ1v) is 5.40. The van der Waals surface area contributed by atoms with Crippen LogP contribution in [0.2, 0.25) is 0 Å². The van der Waals surface area contributed by atoms with Gasteiger partial charge >= 0.3 is 0 Å². The molecule has 2 aromatic rings. The molecule has 1 amide bonds. The maximum Gasteiger partial charge on any atom is 0.225 e. The van der Waals surface area contributed by atoms with Gasteiger partial charge in [0.15, 0.2) is 0 Å². The van der Waals surface area contributed by atoms with E-state index < -0.39 is 0 Å². The van der Waals surface area contributed by atoms with Crippen molar-refractivity contribution in [3.05, 3.63) is 42.7 Å². The molecule has 0 radical (unpaired) electrons. The van der Waals surface area contributed by atoms with Crippen LogP contribution >= 0.6 is 0 Å². The van der Waals surface area contributed by atoms with Gasteiger partial charge in [0.25, 0.3) is 0 Å². The Morgan fingerprint density at radius 2 is 2.18 bits per heavy atom. The summed E-state index contributed by atoms with van der Waals surface area (Å²) in [4.78, 5) is 11.5. The van der Waals surface area contributed by atoms with E-state index in [0.29, 0.717) is 13.0 Å². The Hall–Kier alpha value is -2.14. The van der Waals surface area contributed by atoms with Crippen molar-refractivity contribution in [1.82, 2.24) is 9.78 Å². The molecule has 17 heavy (non-hydrogen) atoms. The van der Waals surface area contributed by atoms with E-state index in [0.717, 1.165) is 11.4 Å². The van der Waals surface area contributed by atoms with Crippen LogP contribution in [0.25, 0.3) is 5.69 Å². The molecule has 88 valence electrons. The minimum absolute atomic E-state index is 0.0906. The Balaban J connectivity index is 2.25. The number of nitrogens with one attached hydrogen (secondary N) is 1. The summed E-state index contributed by atoms with van der Waals surface area (Å²) in [5, 5.41) is 6.96. The van der Waals surface area contributed by atoms with Gasteiger partial charge in [-0.25, -0.2) is 4.68 Å². The third-order valence-corrected chi connectivity index (χ3v) is 2.30. The highest BCUT2D eigenvalue weighted by Gasteiger charge is 2.07. The standard InChI is InChI=1S/C12H14N4O/c13-7-6-12(17)15-10-4-1-2-5-11(10)16-9-3-8-14-16/h1-5,8-9H,6-7,13H2,(H,15,17). The van der Waals surface area contributed by atoms with Crippen LogP contribution in [-0.2, 0) is 4.79 Å². The fourth-order valence-corrected chi connectivity index (χ4v) is 1.53. The monoisotopic (exact) mass is 230 g/mol. The lowest BCUT2D eigenvalue weighted by molar-refractivity contribution is -0.116. The van der Waals surface area contributed by atoms with E-state index in [1.807, 2.05) is 36.5 Å². The molecule has 1 aromatic heterocycles. The molecule has 5 nitrogen and oxygen atoms in total. The second kappa shape index (κ2) is 5.27. The molecule has 0 fully saturated rings. The van der Waals surface area contributed by atoms with Crippen molar-refractivity contribution in [3.8, 4) is 5.69 Å². The Kier molecular flexibility index (Phi) is 3.52. The largest absolute Gasteiger partial charge is 0.330 e. The maximum atomic E-state index is 11.5. The number of aromatic nitrogens is 2. The number of amides is 1. The molecule has 0 bridgehead atoms. The molecule has 1 heterocycles. The SMILES string of the molecule is NCCC(=O)Nc1ccccc1-n1cccn1. The second-order valence-corrected chi connectivity index (χ2v) is 3.55. The zero-order chi connectivity index (χ0) is 12.1. The number of nitrogens with zero attached hydrogens (tertiary/aromatic N) is 2. The van der Waals surface area contributed by atoms with Gasteiger partial charge in [-0.05, 0) is 18.2 Å². The van der Waals surface area contributed by atoms with Crippen molar-refractivity contribution in [1.29, 1.82) is 0 Å². The fourth-order valence-electron chi connectivity index (χ4n) is 1.53. The van der Waals surface area contributed by atoms with Crippen LogP contribution in [0, 0.1) is 0 Å². The summed E-state index contributed by atoms with van der Waals surface area (Å²) in [5.74, 6) is -0.0906. The topological polar surface area (TPSA) is 72.9 Å². The van der Waals surface area contributed by atoms with Gasteiger partial charge in [-0.2, -0.15) is 5.10 Å². The van der Waals surface area contributed by atoms with E-state index in [-0.39, 0.29) is 5.91 Å².